The van der Waals surface area contributed by atoms with Crippen LogP contribution >= 0.6 is 23.4 Å². The van der Waals surface area contributed by atoms with E-state index in [9.17, 15) is 9.59 Å². The van der Waals surface area contributed by atoms with Crippen LogP contribution in [0.1, 0.15) is 21.7 Å². The Morgan fingerprint density at radius 1 is 1.21 bits per heavy atom. The lowest BCUT2D eigenvalue weighted by Crippen LogP contribution is -2.24. The van der Waals surface area contributed by atoms with Crippen molar-refractivity contribution in [2.24, 2.45) is 0 Å². The first-order valence-corrected chi connectivity index (χ1v) is 11.4. The number of carbonyl (C=O) groups is 2. The second-order valence-electron chi connectivity index (χ2n) is 7.01. The molecule has 10 heteroatoms. The van der Waals surface area contributed by atoms with E-state index in [2.05, 4.69) is 27.4 Å². The van der Waals surface area contributed by atoms with Gasteiger partial charge in [-0.25, -0.2) is 0 Å². The highest BCUT2D eigenvalue weighted by Crippen LogP contribution is 2.21. The summed E-state index contributed by atoms with van der Waals surface area (Å²) in [5.41, 5.74) is 2.08. The van der Waals surface area contributed by atoms with E-state index in [1.807, 2.05) is 17.6 Å². The van der Waals surface area contributed by atoms with Crippen LogP contribution in [0.2, 0.25) is 5.02 Å². The second kappa shape index (κ2) is 11.5. The molecule has 3 aromatic rings. The van der Waals surface area contributed by atoms with E-state index in [-0.39, 0.29) is 24.1 Å². The Bertz CT molecular complexity index is 1150. The number of methoxy groups -OCH3 is 1. The Morgan fingerprint density at radius 2 is 1.97 bits per heavy atom. The van der Waals surface area contributed by atoms with E-state index >= 15 is 0 Å². The van der Waals surface area contributed by atoms with E-state index in [4.69, 9.17) is 16.3 Å². The molecule has 3 rings (SSSR count). The van der Waals surface area contributed by atoms with Gasteiger partial charge in [0.05, 0.1) is 19.4 Å². The highest BCUT2D eigenvalue weighted by atomic mass is 35.5. The lowest BCUT2D eigenvalue weighted by molar-refractivity contribution is -0.113. The predicted molar refractivity (Wildman–Crippen MR) is 130 cm³/mol. The Kier molecular flexibility index (Phi) is 8.51. The standard InChI is InChI=1S/C23H24ClN5O3S/c1-4-11-29-20(13-25-22(31)16-6-9-18(32-3)10-7-16)27-28-23(29)33-14-21(30)26-17-8-5-15(2)19(24)12-17/h4-10,12H,1,11,13-14H2,2-3H3,(H,25,31)(H,26,30). The zero-order chi connectivity index (χ0) is 23.8. The van der Waals surface area contributed by atoms with Gasteiger partial charge < -0.3 is 19.9 Å². The number of anilines is 1. The molecule has 2 aromatic carbocycles. The van der Waals surface area contributed by atoms with Crippen molar-refractivity contribution in [1.82, 2.24) is 20.1 Å². The molecular formula is C23H24ClN5O3S. The summed E-state index contributed by atoms with van der Waals surface area (Å²) in [4.78, 5) is 24.8. The monoisotopic (exact) mass is 485 g/mol. The smallest absolute Gasteiger partial charge is 0.251 e. The van der Waals surface area contributed by atoms with E-state index in [0.29, 0.717) is 39.5 Å². The normalized spacial score (nSPS) is 10.5. The van der Waals surface area contributed by atoms with Crippen LogP contribution in [0.4, 0.5) is 5.69 Å². The molecule has 0 saturated heterocycles. The molecule has 0 atom stereocenters. The summed E-state index contributed by atoms with van der Waals surface area (Å²) >= 11 is 7.36. The number of halogens is 1. The van der Waals surface area contributed by atoms with Gasteiger partial charge in [0.25, 0.3) is 5.91 Å². The SMILES string of the molecule is C=CCn1c(CNC(=O)c2ccc(OC)cc2)nnc1SCC(=O)Nc1ccc(C)c(Cl)c1. The fourth-order valence-corrected chi connectivity index (χ4v) is 3.82. The quantitative estimate of drug-likeness (QED) is 0.331. The van der Waals surface area contributed by atoms with Gasteiger partial charge in [0.1, 0.15) is 5.75 Å². The van der Waals surface area contributed by atoms with Gasteiger partial charge in [-0.05, 0) is 48.9 Å². The number of thioether (sulfide) groups is 1. The molecule has 1 heterocycles. The molecule has 0 spiro atoms. The number of amides is 2. The summed E-state index contributed by atoms with van der Waals surface area (Å²) < 4.78 is 6.91. The molecule has 8 nitrogen and oxygen atoms in total. The number of ether oxygens (including phenoxy) is 1. The third kappa shape index (κ3) is 6.59. The summed E-state index contributed by atoms with van der Waals surface area (Å²) in [5, 5.41) is 15.1. The second-order valence-corrected chi connectivity index (χ2v) is 8.36. The third-order valence-corrected chi connectivity index (χ3v) is 6.03. The first-order chi connectivity index (χ1) is 15.9. The number of rotatable bonds is 10. The Balaban J connectivity index is 1.59. The van der Waals surface area contributed by atoms with Gasteiger partial charge in [-0.3, -0.25) is 9.59 Å². The summed E-state index contributed by atoms with van der Waals surface area (Å²) in [6.07, 6.45) is 1.70. The molecule has 33 heavy (non-hydrogen) atoms. The third-order valence-electron chi connectivity index (χ3n) is 4.65. The largest absolute Gasteiger partial charge is 0.497 e. The highest BCUT2D eigenvalue weighted by Gasteiger charge is 2.15. The minimum atomic E-state index is -0.240. The van der Waals surface area contributed by atoms with Gasteiger partial charge in [0.2, 0.25) is 5.91 Å². The zero-order valence-electron chi connectivity index (χ0n) is 18.3. The molecule has 0 unspecified atom stereocenters. The topological polar surface area (TPSA) is 98.1 Å². The van der Waals surface area contributed by atoms with Crippen LogP contribution < -0.4 is 15.4 Å². The zero-order valence-corrected chi connectivity index (χ0v) is 19.9. The van der Waals surface area contributed by atoms with Crippen LogP contribution in [0.25, 0.3) is 0 Å². The summed E-state index contributed by atoms with van der Waals surface area (Å²) in [5.74, 6) is 0.941. The van der Waals surface area contributed by atoms with E-state index in [0.717, 1.165) is 5.56 Å². The van der Waals surface area contributed by atoms with Crippen LogP contribution in [0.15, 0.2) is 60.3 Å². The maximum absolute atomic E-state index is 12.4. The van der Waals surface area contributed by atoms with Crippen molar-refractivity contribution in [2.75, 3.05) is 18.2 Å². The molecule has 0 radical (unpaired) electrons. The molecule has 0 bridgehead atoms. The number of benzene rings is 2. The van der Waals surface area contributed by atoms with Gasteiger partial charge in [-0.2, -0.15) is 0 Å². The summed E-state index contributed by atoms with van der Waals surface area (Å²) in [6.45, 7) is 6.29. The van der Waals surface area contributed by atoms with Crippen molar-refractivity contribution >= 4 is 40.9 Å². The van der Waals surface area contributed by atoms with Crippen LogP contribution in [0, 0.1) is 6.92 Å². The number of hydrogen-bond acceptors (Lipinski definition) is 6. The number of hydrogen-bond donors (Lipinski definition) is 2. The average molecular weight is 486 g/mol. The van der Waals surface area contributed by atoms with Crippen LogP contribution in [0.3, 0.4) is 0 Å². The number of aryl methyl sites for hydroxylation is 1. The number of nitrogens with one attached hydrogen (secondary N) is 2. The first-order valence-electron chi connectivity index (χ1n) is 10.0. The van der Waals surface area contributed by atoms with Crippen molar-refractivity contribution in [1.29, 1.82) is 0 Å². The van der Waals surface area contributed by atoms with Crippen molar-refractivity contribution in [3.63, 3.8) is 0 Å². The van der Waals surface area contributed by atoms with Crippen molar-refractivity contribution in [3.05, 3.63) is 77.1 Å². The van der Waals surface area contributed by atoms with Crippen molar-refractivity contribution in [2.45, 2.75) is 25.2 Å². The number of allylic oxidation sites excluding steroid dienone is 1. The highest BCUT2D eigenvalue weighted by molar-refractivity contribution is 7.99. The number of aromatic nitrogens is 3. The number of carbonyl (C=O) groups excluding carboxylic acids is 2. The van der Waals surface area contributed by atoms with Gasteiger partial charge in [-0.1, -0.05) is 35.5 Å². The Labute approximate surface area is 201 Å². The van der Waals surface area contributed by atoms with Crippen LogP contribution in [-0.2, 0) is 17.9 Å². The molecule has 0 fully saturated rings. The maximum atomic E-state index is 12.4. The van der Waals surface area contributed by atoms with E-state index in [1.54, 1.807) is 49.6 Å². The molecule has 2 N–H and O–H groups in total. The fourth-order valence-electron chi connectivity index (χ4n) is 2.87. The van der Waals surface area contributed by atoms with E-state index in [1.165, 1.54) is 11.8 Å². The average Bonchev–Trinajstić information content (AvgIpc) is 3.20. The predicted octanol–water partition coefficient (Wildman–Crippen LogP) is 4.10. The fraction of sp³-hybridized carbons (Fsp3) is 0.217. The number of nitrogens with zero attached hydrogens (tertiary/aromatic N) is 3. The lowest BCUT2D eigenvalue weighted by Gasteiger charge is -2.10. The molecule has 1 aromatic heterocycles. The lowest BCUT2D eigenvalue weighted by atomic mass is 10.2. The molecule has 172 valence electrons. The van der Waals surface area contributed by atoms with Gasteiger partial charge in [0, 0.05) is 22.8 Å². The van der Waals surface area contributed by atoms with E-state index < -0.39 is 0 Å². The summed E-state index contributed by atoms with van der Waals surface area (Å²) in [7, 11) is 1.57. The molecule has 0 saturated carbocycles. The minimum absolute atomic E-state index is 0.138. The molecule has 0 aliphatic carbocycles. The van der Waals surface area contributed by atoms with Crippen molar-refractivity contribution in [3.8, 4) is 5.75 Å². The molecule has 0 aliphatic heterocycles. The maximum Gasteiger partial charge on any atom is 0.251 e. The molecule has 2 amide bonds. The van der Waals surface area contributed by atoms with Crippen LogP contribution in [0.5, 0.6) is 5.75 Å². The molecule has 0 aliphatic rings. The molecular weight excluding hydrogens is 462 g/mol. The summed E-state index contributed by atoms with van der Waals surface area (Å²) in [6, 6.07) is 12.2. The minimum Gasteiger partial charge on any atom is -0.497 e. The Morgan fingerprint density at radius 3 is 2.64 bits per heavy atom. The van der Waals surface area contributed by atoms with Gasteiger partial charge >= 0.3 is 0 Å². The Hall–Kier alpha value is -3.30. The van der Waals surface area contributed by atoms with Crippen LogP contribution in [-0.4, -0.2) is 39.4 Å². The first kappa shape index (κ1) is 24.3. The van der Waals surface area contributed by atoms with Gasteiger partial charge in [0.15, 0.2) is 11.0 Å². The van der Waals surface area contributed by atoms with Gasteiger partial charge in [-0.15, -0.1) is 16.8 Å². The van der Waals surface area contributed by atoms with Crippen molar-refractivity contribution < 1.29 is 14.3 Å².